The maximum absolute atomic E-state index is 12.1. The Labute approximate surface area is 147 Å². The Bertz CT molecular complexity index is 303. The predicted molar refractivity (Wildman–Crippen MR) is 91.7 cm³/mol. The van der Waals surface area contributed by atoms with Gasteiger partial charge in [-0.1, -0.05) is 13.8 Å². The van der Waals surface area contributed by atoms with Crippen LogP contribution in [0.2, 0.25) is 0 Å². The normalized spacial score (nSPS) is 13.7. The largest absolute Gasteiger partial charge is 0.390 e. The summed E-state index contributed by atoms with van der Waals surface area (Å²) in [4.78, 5) is 4.03. The molecule has 0 fully saturated rings. The fourth-order valence-electron chi connectivity index (χ4n) is 1.35. The Kier molecular flexibility index (Phi) is 14.4. The molecule has 1 atom stereocenters. The number of nitrogens with zero attached hydrogens (tertiary/aromatic N) is 1. The number of alkyl halides is 3. The third kappa shape index (κ3) is 16.1. The molecule has 0 bridgehead atoms. The van der Waals surface area contributed by atoms with Crippen molar-refractivity contribution in [2.75, 3.05) is 32.8 Å². The highest BCUT2D eigenvalue weighted by Crippen LogP contribution is 2.17. The number of hydrogen-bond donors (Lipinski definition) is 3. The van der Waals surface area contributed by atoms with Gasteiger partial charge >= 0.3 is 6.18 Å². The summed E-state index contributed by atoms with van der Waals surface area (Å²) in [7, 11) is 0. The summed E-state index contributed by atoms with van der Waals surface area (Å²) in [6, 6.07) is 0. The average Bonchev–Trinajstić information content (AvgIpc) is 2.34. The van der Waals surface area contributed by atoms with Crippen molar-refractivity contribution in [1.82, 2.24) is 10.6 Å². The van der Waals surface area contributed by atoms with Crippen molar-refractivity contribution in [3.63, 3.8) is 0 Å². The van der Waals surface area contributed by atoms with Gasteiger partial charge in [-0.25, -0.2) is 0 Å². The number of ether oxygens (including phenoxy) is 1. The van der Waals surface area contributed by atoms with Gasteiger partial charge in [0, 0.05) is 19.7 Å². The fraction of sp³-hybridized carbons (Fsp3) is 0.923. The number of rotatable bonds is 9. The summed E-state index contributed by atoms with van der Waals surface area (Å²) in [5, 5.41) is 15.1. The molecular weight excluding hydrogens is 414 g/mol. The Hall–Kier alpha value is -0.290. The lowest BCUT2D eigenvalue weighted by molar-refractivity contribution is -0.132. The van der Waals surface area contributed by atoms with E-state index in [0.717, 1.165) is 0 Å². The smallest absolute Gasteiger partial charge is 0.389 e. The molecule has 134 valence electrons. The van der Waals surface area contributed by atoms with Crippen LogP contribution in [0.3, 0.4) is 0 Å². The van der Waals surface area contributed by atoms with Gasteiger partial charge in [-0.3, -0.25) is 4.99 Å². The molecule has 0 aromatic rings. The van der Waals surface area contributed by atoms with Crippen LogP contribution in [0.15, 0.2) is 4.99 Å². The number of aliphatic hydroxyl groups is 1. The van der Waals surface area contributed by atoms with E-state index in [1.54, 1.807) is 0 Å². The summed E-state index contributed by atoms with van der Waals surface area (Å²) in [6.45, 7) is 6.85. The molecule has 9 heteroatoms. The molecule has 1 unspecified atom stereocenters. The van der Waals surface area contributed by atoms with Crippen molar-refractivity contribution in [2.24, 2.45) is 10.9 Å². The number of aliphatic imine (C=N–C) groups is 1. The van der Waals surface area contributed by atoms with Gasteiger partial charge in [0.1, 0.15) is 0 Å². The van der Waals surface area contributed by atoms with E-state index in [9.17, 15) is 18.3 Å². The summed E-state index contributed by atoms with van der Waals surface area (Å²) < 4.78 is 41.4. The van der Waals surface area contributed by atoms with Crippen molar-refractivity contribution in [3.05, 3.63) is 0 Å². The number of hydrogen-bond acceptors (Lipinski definition) is 3. The molecule has 0 aliphatic carbocycles. The molecular formula is C13H27F3IN3O2. The molecule has 3 N–H and O–H groups in total. The van der Waals surface area contributed by atoms with E-state index in [1.807, 2.05) is 20.8 Å². The molecule has 0 rings (SSSR count). The van der Waals surface area contributed by atoms with Crippen LogP contribution in [-0.4, -0.2) is 56.2 Å². The van der Waals surface area contributed by atoms with E-state index in [1.165, 1.54) is 0 Å². The van der Waals surface area contributed by atoms with Gasteiger partial charge in [-0.05, 0) is 12.8 Å². The van der Waals surface area contributed by atoms with E-state index in [-0.39, 0.29) is 49.6 Å². The van der Waals surface area contributed by atoms with Crippen LogP contribution >= 0.6 is 24.0 Å². The molecule has 0 spiro atoms. The molecule has 5 nitrogen and oxygen atoms in total. The van der Waals surface area contributed by atoms with E-state index in [2.05, 4.69) is 15.6 Å². The zero-order chi connectivity index (χ0) is 16.3. The molecule has 0 saturated heterocycles. The van der Waals surface area contributed by atoms with Gasteiger partial charge in [-0.15, -0.1) is 24.0 Å². The lowest BCUT2D eigenvalue weighted by atomic mass is 10.2. The van der Waals surface area contributed by atoms with Crippen LogP contribution < -0.4 is 10.6 Å². The second kappa shape index (κ2) is 13.2. The van der Waals surface area contributed by atoms with Crippen LogP contribution in [0.1, 0.15) is 27.2 Å². The maximum Gasteiger partial charge on any atom is 0.390 e. The Morgan fingerprint density at radius 3 is 2.36 bits per heavy atom. The minimum absolute atomic E-state index is 0. The summed E-state index contributed by atoms with van der Waals surface area (Å²) >= 11 is 0. The van der Waals surface area contributed by atoms with E-state index in [4.69, 9.17) is 4.74 Å². The summed E-state index contributed by atoms with van der Waals surface area (Å²) in [5.74, 6) is 0.631. The third-order valence-corrected chi connectivity index (χ3v) is 2.27. The molecule has 0 aromatic heterocycles. The standard InChI is InChI=1S/C13H26F3N3O2.HI/c1-4-17-12(18-6-5-13(14,15)16)19-7-11(20)9-21-8-10(2)3;/h10-11,20H,4-9H2,1-3H3,(H2,17,18,19);1H. The van der Waals surface area contributed by atoms with E-state index < -0.39 is 18.7 Å². The van der Waals surface area contributed by atoms with Crippen LogP contribution in [0.5, 0.6) is 0 Å². The minimum atomic E-state index is -4.20. The second-order valence-electron chi connectivity index (χ2n) is 5.10. The Morgan fingerprint density at radius 1 is 1.23 bits per heavy atom. The molecule has 0 aliphatic heterocycles. The SMILES string of the molecule is CCNC(=NCC(O)COCC(C)C)NCCC(F)(F)F.I. The van der Waals surface area contributed by atoms with Crippen LogP contribution in [0.4, 0.5) is 13.2 Å². The first-order valence-corrected chi connectivity index (χ1v) is 7.09. The van der Waals surface area contributed by atoms with Gasteiger partial charge in [0.15, 0.2) is 5.96 Å². The molecule has 0 amide bonds. The first-order valence-electron chi connectivity index (χ1n) is 7.09. The molecule has 0 aliphatic rings. The van der Waals surface area contributed by atoms with Gasteiger partial charge in [0.05, 0.1) is 25.7 Å². The Balaban J connectivity index is 0. The van der Waals surface area contributed by atoms with E-state index in [0.29, 0.717) is 19.1 Å². The van der Waals surface area contributed by atoms with Gasteiger partial charge in [0.2, 0.25) is 0 Å². The molecule has 22 heavy (non-hydrogen) atoms. The topological polar surface area (TPSA) is 65.9 Å². The minimum Gasteiger partial charge on any atom is -0.389 e. The molecule has 0 aromatic carbocycles. The maximum atomic E-state index is 12.1. The van der Waals surface area contributed by atoms with E-state index >= 15 is 0 Å². The molecule has 0 radical (unpaired) electrons. The number of aliphatic hydroxyl groups excluding tert-OH is 1. The molecule has 0 saturated carbocycles. The van der Waals surface area contributed by atoms with Crippen LogP contribution in [0.25, 0.3) is 0 Å². The number of nitrogens with one attached hydrogen (secondary N) is 2. The highest BCUT2D eigenvalue weighted by atomic mass is 127. The fourth-order valence-corrected chi connectivity index (χ4v) is 1.35. The molecule has 0 heterocycles. The van der Waals surface area contributed by atoms with Crippen molar-refractivity contribution >= 4 is 29.9 Å². The first-order chi connectivity index (χ1) is 9.74. The Morgan fingerprint density at radius 2 is 1.86 bits per heavy atom. The predicted octanol–water partition coefficient (Wildman–Crippen LogP) is 2.15. The van der Waals surface area contributed by atoms with Crippen LogP contribution in [0, 0.1) is 5.92 Å². The third-order valence-electron chi connectivity index (χ3n) is 2.27. The van der Waals surface area contributed by atoms with Gasteiger partial charge in [-0.2, -0.15) is 13.2 Å². The zero-order valence-electron chi connectivity index (χ0n) is 13.2. The van der Waals surface area contributed by atoms with Crippen molar-refractivity contribution in [2.45, 2.75) is 39.5 Å². The van der Waals surface area contributed by atoms with Crippen molar-refractivity contribution in [1.29, 1.82) is 0 Å². The zero-order valence-corrected chi connectivity index (χ0v) is 15.6. The summed E-state index contributed by atoms with van der Waals surface area (Å²) in [6.07, 6.45) is -5.91. The summed E-state index contributed by atoms with van der Waals surface area (Å²) in [5.41, 5.74) is 0. The number of guanidine groups is 1. The number of halogens is 4. The van der Waals surface area contributed by atoms with Crippen LogP contribution in [-0.2, 0) is 4.74 Å². The highest BCUT2D eigenvalue weighted by molar-refractivity contribution is 14.0. The lowest BCUT2D eigenvalue weighted by Crippen LogP contribution is -2.39. The quantitative estimate of drug-likeness (QED) is 0.292. The monoisotopic (exact) mass is 441 g/mol. The van der Waals surface area contributed by atoms with Crippen molar-refractivity contribution in [3.8, 4) is 0 Å². The van der Waals surface area contributed by atoms with Gasteiger partial charge < -0.3 is 20.5 Å². The lowest BCUT2D eigenvalue weighted by Gasteiger charge is -2.14. The first kappa shape index (κ1) is 24.0. The highest BCUT2D eigenvalue weighted by Gasteiger charge is 2.26. The average molecular weight is 441 g/mol. The second-order valence-corrected chi connectivity index (χ2v) is 5.10. The van der Waals surface area contributed by atoms with Gasteiger partial charge in [0.25, 0.3) is 0 Å². The van der Waals surface area contributed by atoms with Crippen molar-refractivity contribution < 1.29 is 23.0 Å².